The van der Waals surface area contributed by atoms with Crippen LogP contribution in [0.4, 0.5) is 0 Å². The molecule has 1 fully saturated rings. The Morgan fingerprint density at radius 3 is 3.00 bits per heavy atom. The van der Waals surface area contributed by atoms with E-state index in [-0.39, 0.29) is 11.9 Å². The van der Waals surface area contributed by atoms with E-state index in [1.165, 1.54) is 11.0 Å². The molecule has 0 aliphatic heterocycles. The van der Waals surface area contributed by atoms with Crippen LogP contribution in [0.15, 0.2) is 30.6 Å². The first-order valence-corrected chi connectivity index (χ1v) is 6.62. The van der Waals surface area contributed by atoms with Crippen molar-refractivity contribution < 1.29 is 4.79 Å². The van der Waals surface area contributed by atoms with Crippen molar-refractivity contribution in [2.45, 2.75) is 18.9 Å². The molecule has 1 amide bonds. The summed E-state index contributed by atoms with van der Waals surface area (Å²) in [6.07, 6.45) is 3.78. The van der Waals surface area contributed by atoms with Crippen LogP contribution in [-0.4, -0.2) is 38.7 Å². The Labute approximate surface area is 116 Å². The van der Waals surface area contributed by atoms with E-state index in [1.54, 1.807) is 18.2 Å². The molecule has 1 heterocycles. The number of aromatic nitrogens is 4. The molecule has 3 N–H and O–H groups in total. The molecule has 0 radical (unpaired) electrons. The standard InChI is InChI=1S/C13H16N6O/c14-7-12(9-4-5-9)16-13(20)10-2-1-3-11(6-10)19-8-15-17-18-19/h1-3,6,8-9,12H,4-5,7,14H2,(H,16,20). The van der Waals surface area contributed by atoms with Crippen LogP contribution in [0.1, 0.15) is 23.2 Å². The van der Waals surface area contributed by atoms with Crippen LogP contribution < -0.4 is 11.1 Å². The quantitative estimate of drug-likeness (QED) is 0.806. The van der Waals surface area contributed by atoms with Crippen LogP contribution in [0.25, 0.3) is 5.69 Å². The monoisotopic (exact) mass is 272 g/mol. The zero-order valence-electron chi connectivity index (χ0n) is 10.9. The molecule has 1 aliphatic rings. The van der Waals surface area contributed by atoms with E-state index in [0.717, 1.165) is 18.5 Å². The second-order valence-electron chi connectivity index (χ2n) is 4.96. The van der Waals surface area contributed by atoms with E-state index in [4.69, 9.17) is 5.73 Å². The molecule has 20 heavy (non-hydrogen) atoms. The summed E-state index contributed by atoms with van der Waals surface area (Å²) in [5.74, 6) is 0.425. The second-order valence-corrected chi connectivity index (χ2v) is 4.96. The van der Waals surface area contributed by atoms with Gasteiger partial charge in [-0.25, -0.2) is 4.68 Å². The van der Waals surface area contributed by atoms with Crippen LogP contribution in [0, 0.1) is 5.92 Å². The summed E-state index contributed by atoms with van der Waals surface area (Å²) in [4.78, 5) is 12.2. The molecule has 0 spiro atoms. The third-order valence-corrected chi connectivity index (χ3v) is 3.48. The molecule has 0 bridgehead atoms. The van der Waals surface area contributed by atoms with Gasteiger partial charge < -0.3 is 11.1 Å². The number of carbonyl (C=O) groups is 1. The summed E-state index contributed by atoms with van der Waals surface area (Å²) in [7, 11) is 0. The van der Waals surface area contributed by atoms with Crippen molar-refractivity contribution in [2.75, 3.05) is 6.54 Å². The minimum Gasteiger partial charge on any atom is -0.348 e. The van der Waals surface area contributed by atoms with E-state index in [9.17, 15) is 4.79 Å². The first kappa shape index (κ1) is 12.7. The highest BCUT2D eigenvalue weighted by Gasteiger charge is 2.31. The molecule has 7 heteroatoms. The zero-order valence-corrected chi connectivity index (χ0v) is 10.9. The highest BCUT2D eigenvalue weighted by molar-refractivity contribution is 5.95. The van der Waals surface area contributed by atoms with E-state index in [1.807, 2.05) is 6.07 Å². The van der Waals surface area contributed by atoms with Crippen molar-refractivity contribution in [3.63, 3.8) is 0 Å². The van der Waals surface area contributed by atoms with E-state index < -0.39 is 0 Å². The van der Waals surface area contributed by atoms with Gasteiger partial charge in [-0.1, -0.05) is 6.07 Å². The molecular weight excluding hydrogens is 256 g/mol. The molecule has 1 unspecified atom stereocenters. The van der Waals surface area contributed by atoms with Crippen LogP contribution in [0.5, 0.6) is 0 Å². The maximum atomic E-state index is 12.2. The van der Waals surface area contributed by atoms with Gasteiger partial charge in [0, 0.05) is 18.2 Å². The molecule has 7 nitrogen and oxygen atoms in total. The maximum absolute atomic E-state index is 12.2. The van der Waals surface area contributed by atoms with Crippen molar-refractivity contribution in [2.24, 2.45) is 11.7 Å². The Morgan fingerprint density at radius 2 is 2.35 bits per heavy atom. The number of hydrogen-bond acceptors (Lipinski definition) is 5. The first-order chi connectivity index (χ1) is 9.78. The SMILES string of the molecule is NCC(NC(=O)c1cccc(-n2cnnn2)c1)C1CC1. The number of nitrogens with one attached hydrogen (secondary N) is 1. The van der Waals surface area contributed by atoms with E-state index >= 15 is 0 Å². The van der Waals surface area contributed by atoms with Crippen molar-refractivity contribution in [3.05, 3.63) is 36.2 Å². The number of tetrazole rings is 1. The van der Waals surface area contributed by atoms with Gasteiger partial charge in [-0.05, 0) is 47.4 Å². The van der Waals surface area contributed by atoms with Crippen molar-refractivity contribution in [3.8, 4) is 5.69 Å². The minimum atomic E-state index is -0.109. The van der Waals surface area contributed by atoms with Gasteiger partial charge in [0.1, 0.15) is 6.33 Å². The van der Waals surface area contributed by atoms with Gasteiger partial charge in [0.2, 0.25) is 0 Å². The molecule has 1 aromatic heterocycles. The smallest absolute Gasteiger partial charge is 0.251 e. The predicted molar refractivity (Wildman–Crippen MR) is 72.2 cm³/mol. The number of amides is 1. The Hall–Kier alpha value is -2.28. The van der Waals surface area contributed by atoms with Gasteiger partial charge in [-0.2, -0.15) is 0 Å². The third kappa shape index (κ3) is 2.67. The molecule has 1 saturated carbocycles. The topological polar surface area (TPSA) is 98.7 Å². The van der Waals surface area contributed by atoms with Gasteiger partial charge in [-0.15, -0.1) is 5.10 Å². The lowest BCUT2D eigenvalue weighted by atomic mass is 10.1. The minimum absolute atomic E-state index is 0.0687. The van der Waals surface area contributed by atoms with Gasteiger partial charge in [0.05, 0.1) is 5.69 Å². The van der Waals surface area contributed by atoms with Crippen LogP contribution >= 0.6 is 0 Å². The van der Waals surface area contributed by atoms with Gasteiger partial charge in [-0.3, -0.25) is 4.79 Å². The number of hydrogen-bond donors (Lipinski definition) is 2. The fourth-order valence-electron chi connectivity index (χ4n) is 2.19. The Morgan fingerprint density at radius 1 is 1.50 bits per heavy atom. The Balaban J connectivity index is 1.76. The first-order valence-electron chi connectivity index (χ1n) is 6.62. The summed E-state index contributed by atoms with van der Waals surface area (Å²) in [5.41, 5.74) is 7.03. The fraction of sp³-hybridized carbons (Fsp3) is 0.385. The Bertz CT molecular complexity index is 593. The number of rotatable bonds is 5. The number of nitrogens with two attached hydrogens (primary N) is 1. The molecule has 1 aliphatic carbocycles. The summed E-state index contributed by atoms with van der Waals surface area (Å²) in [6, 6.07) is 7.24. The molecule has 1 atom stereocenters. The molecule has 0 saturated heterocycles. The highest BCUT2D eigenvalue weighted by atomic mass is 16.1. The van der Waals surface area contributed by atoms with E-state index in [2.05, 4.69) is 20.8 Å². The summed E-state index contributed by atoms with van der Waals surface area (Å²) in [6.45, 7) is 0.475. The fourth-order valence-corrected chi connectivity index (χ4v) is 2.19. The molecule has 104 valence electrons. The number of carbonyl (C=O) groups excluding carboxylic acids is 1. The maximum Gasteiger partial charge on any atom is 0.251 e. The third-order valence-electron chi connectivity index (χ3n) is 3.48. The summed E-state index contributed by atoms with van der Waals surface area (Å²) in [5, 5.41) is 14.0. The van der Waals surface area contributed by atoms with Crippen LogP contribution in [0.2, 0.25) is 0 Å². The normalized spacial score (nSPS) is 15.8. The molecule has 1 aromatic carbocycles. The van der Waals surface area contributed by atoms with E-state index in [0.29, 0.717) is 18.0 Å². The lowest BCUT2D eigenvalue weighted by Gasteiger charge is -2.16. The average molecular weight is 272 g/mol. The van der Waals surface area contributed by atoms with Gasteiger partial charge >= 0.3 is 0 Å². The van der Waals surface area contributed by atoms with Gasteiger partial charge in [0.15, 0.2) is 0 Å². The lowest BCUT2D eigenvalue weighted by molar-refractivity contribution is 0.0933. The van der Waals surface area contributed by atoms with Gasteiger partial charge in [0.25, 0.3) is 5.91 Å². The summed E-state index contributed by atoms with van der Waals surface area (Å²) >= 11 is 0. The van der Waals surface area contributed by atoms with Crippen LogP contribution in [-0.2, 0) is 0 Å². The predicted octanol–water partition coefficient (Wildman–Crippen LogP) is 0.129. The van der Waals surface area contributed by atoms with Crippen molar-refractivity contribution >= 4 is 5.91 Å². The Kier molecular flexibility index (Phi) is 3.42. The molecule has 2 aromatic rings. The number of nitrogens with zero attached hydrogens (tertiary/aromatic N) is 4. The van der Waals surface area contributed by atoms with Crippen molar-refractivity contribution in [1.29, 1.82) is 0 Å². The van der Waals surface area contributed by atoms with Crippen molar-refractivity contribution in [1.82, 2.24) is 25.5 Å². The number of benzene rings is 1. The zero-order chi connectivity index (χ0) is 13.9. The van der Waals surface area contributed by atoms with Crippen LogP contribution in [0.3, 0.4) is 0 Å². The lowest BCUT2D eigenvalue weighted by Crippen LogP contribution is -2.41. The largest absolute Gasteiger partial charge is 0.348 e. The molecule has 3 rings (SSSR count). The summed E-state index contributed by atoms with van der Waals surface area (Å²) < 4.78 is 1.51. The average Bonchev–Trinajstić information content (AvgIpc) is 3.18. The highest BCUT2D eigenvalue weighted by Crippen LogP contribution is 2.32. The second kappa shape index (κ2) is 5.38. The molecular formula is C13H16N6O.